The number of anilines is 1. The van der Waals surface area contributed by atoms with E-state index in [4.69, 9.17) is 47.4 Å². The van der Waals surface area contributed by atoms with Crippen LogP contribution in [0.25, 0.3) is 33.0 Å². The molecule has 7 saturated carbocycles. The van der Waals surface area contributed by atoms with E-state index in [1.807, 2.05) is 47.7 Å². The number of rotatable bonds is 14. The normalized spacial score (nSPS) is 46.4. The van der Waals surface area contributed by atoms with E-state index in [2.05, 4.69) is 97.9 Å². The Hall–Kier alpha value is -5.06. The fraction of sp³-hybridized carbons (Fsp3) is 0.577. The number of aryl methyl sites for hydroxylation is 1. The molecule has 5 aromatic rings. The maximum Gasteiger partial charge on any atom is 0.246 e. The third-order valence-electron chi connectivity index (χ3n) is 27.8. The molecule has 22 atom stereocenters. The van der Waals surface area contributed by atoms with Crippen LogP contribution in [0.3, 0.4) is 0 Å². The van der Waals surface area contributed by atoms with Gasteiger partial charge in [-0.1, -0.05) is 91.9 Å². The zero-order chi connectivity index (χ0) is 56.6. The van der Waals surface area contributed by atoms with Crippen molar-refractivity contribution in [2.45, 2.75) is 86.7 Å². The SMILES string of the molecule is CCc1ccc(N2C(=O)[C@@]34[C@@H]5O[C@@H](C6C5[C@@]5(COC)[C@@H]7C[C@@H](C8C7[C@]7(OC)CC[C@H]8C78OCCO8)[C@@]65COC)[C@]3(C2=O)[C@@H]2O[C@H]4C3C2[C@@]2(COC)[C@@H]4C[C@@H](c5c4c(-c4ccccc4)c4cccc(OC)c4c5-c4ccccc4)[C@@]32COC)cc1. The summed E-state index contributed by atoms with van der Waals surface area (Å²) in [5.74, 6) is -0.0451. The number of ether oxygens (including phenoxy) is 10. The average Bonchev–Trinajstić information content (AvgIpc) is 1.38. The Balaban J connectivity index is 0.861. The highest BCUT2D eigenvalue weighted by Gasteiger charge is 3.06. The zero-order valence-electron chi connectivity index (χ0n) is 49.1. The molecule has 0 radical (unpaired) electrons. The van der Waals surface area contributed by atoms with Gasteiger partial charge in [0, 0.05) is 98.1 Å². The molecule has 84 heavy (non-hydrogen) atoms. The molecule has 2 amide bonds. The van der Waals surface area contributed by atoms with Gasteiger partial charge in [0.05, 0.1) is 76.9 Å². The minimum absolute atomic E-state index is 0.0216. The van der Waals surface area contributed by atoms with E-state index < -0.39 is 68.3 Å². The summed E-state index contributed by atoms with van der Waals surface area (Å²) >= 11 is 0. The topological polar surface area (TPSA) is 130 Å². The van der Waals surface area contributed by atoms with Gasteiger partial charge in [0.15, 0.2) is 0 Å². The number of fused-ring (bicyclic) bond motifs is 33. The van der Waals surface area contributed by atoms with Crippen molar-refractivity contribution in [1.82, 2.24) is 0 Å². The third-order valence-corrected chi connectivity index (χ3v) is 27.8. The lowest BCUT2D eigenvalue weighted by Gasteiger charge is -2.78. The van der Waals surface area contributed by atoms with E-state index in [-0.39, 0.29) is 76.9 Å². The molecular weight excluding hydrogens is 1060 g/mol. The smallest absolute Gasteiger partial charge is 0.246 e. The molecular formula is C71H75NO12. The first-order valence-corrected chi connectivity index (χ1v) is 31.5. The highest BCUT2D eigenvalue weighted by Crippen LogP contribution is 2.99. The molecule has 8 aliphatic carbocycles. The minimum Gasteiger partial charge on any atom is -0.496 e. The number of benzene rings is 5. The van der Waals surface area contributed by atoms with Crippen LogP contribution >= 0.6 is 0 Å². The summed E-state index contributed by atoms with van der Waals surface area (Å²) in [4.78, 5) is 36.2. The van der Waals surface area contributed by atoms with E-state index in [0.717, 1.165) is 65.3 Å². The van der Waals surface area contributed by atoms with Crippen LogP contribution in [-0.2, 0) is 58.6 Å². The number of amides is 2. The van der Waals surface area contributed by atoms with Crippen molar-refractivity contribution in [1.29, 1.82) is 0 Å². The van der Waals surface area contributed by atoms with E-state index in [9.17, 15) is 0 Å². The Labute approximate surface area is 490 Å². The average molecular weight is 1130 g/mol. The molecule has 0 N–H and O–H groups in total. The van der Waals surface area contributed by atoms with Gasteiger partial charge in [-0.15, -0.1) is 0 Å². The van der Waals surface area contributed by atoms with Crippen molar-refractivity contribution in [3.05, 3.63) is 120 Å². The van der Waals surface area contributed by atoms with Crippen LogP contribution in [0.4, 0.5) is 5.69 Å². The van der Waals surface area contributed by atoms with Crippen molar-refractivity contribution in [3.8, 4) is 28.0 Å². The zero-order valence-corrected chi connectivity index (χ0v) is 49.1. The molecule has 13 nitrogen and oxygen atoms in total. The van der Waals surface area contributed by atoms with Crippen molar-refractivity contribution in [3.63, 3.8) is 0 Å². The second-order valence-electron chi connectivity index (χ2n) is 28.3. The van der Waals surface area contributed by atoms with Gasteiger partial charge in [-0.3, -0.25) is 9.59 Å². The van der Waals surface area contributed by atoms with Gasteiger partial charge >= 0.3 is 0 Å². The first-order valence-electron chi connectivity index (χ1n) is 31.5. The third kappa shape index (κ3) is 4.65. The van der Waals surface area contributed by atoms with E-state index in [1.54, 1.807) is 12.0 Å². The summed E-state index contributed by atoms with van der Waals surface area (Å²) in [6, 6.07) is 36.5. The molecule has 13 fully saturated rings. The fourth-order valence-corrected chi connectivity index (χ4v) is 26.8. The number of hydrogen-bond donors (Lipinski definition) is 0. The lowest BCUT2D eigenvalue weighted by molar-refractivity contribution is -0.337. The molecule has 14 aliphatic rings. The van der Waals surface area contributed by atoms with Crippen LogP contribution in [0.2, 0.25) is 0 Å². The number of hydrogen-bond acceptors (Lipinski definition) is 12. The standard InChI is InChI=1S/C71H75NO12/c1-8-36-22-24-39(25-23-36)72-62(73)69-58-54-55(66(34-77-4)44-30-43(65(54,66)33-76-3)51-47(37-16-11-9-12-17-37)40-20-15-21-46(79-6)49(40)48(52(44)51)38-18-13-10-14-19-38)59(83-58)70(69,63(72)74)61-57-56(60(69)84-61)64(32-75-2)42-31-45(67(57,64)35-78-5)53-50(42)41-26-27-68(53,80-7)71(41)81-28-29-82-71/h9-25,41-45,50,53-61H,8,26-35H2,1-7H3/t41-,42+,43-,44+,45-,50?,53?,54?,55?,56?,57?,58-,59+,60+,61-,64+,65-,66+,67-,68-,69+,70-/m1/s1. The van der Waals surface area contributed by atoms with Gasteiger partial charge in [0.1, 0.15) is 22.2 Å². The van der Waals surface area contributed by atoms with E-state index in [1.165, 1.54) is 22.3 Å². The predicted molar refractivity (Wildman–Crippen MR) is 309 cm³/mol. The number of carbonyl (C=O) groups excluding carboxylic acids is 2. The van der Waals surface area contributed by atoms with Crippen LogP contribution in [-0.4, -0.2) is 130 Å². The van der Waals surface area contributed by atoms with Crippen LogP contribution in [0.15, 0.2) is 103 Å². The number of methoxy groups -OCH3 is 6. The molecule has 436 valence electrons. The summed E-state index contributed by atoms with van der Waals surface area (Å²) in [5.41, 5.74) is 3.77. The van der Waals surface area contributed by atoms with Crippen LogP contribution in [0.1, 0.15) is 61.1 Å². The molecule has 6 saturated heterocycles. The van der Waals surface area contributed by atoms with Crippen molar-refractivity contribution < 1.29 is 57.0 Å². The highest BCUT2D eigenvalue weighted by molar-refractivity contribution is 6.27. The monoisotopic (exact) mass is 1130 g/mol. The van der Waals surface area contributed by atoms with Gasteiger partial charge in [0.25, 0.3) is 0 Å². The summed E-state index contributed by atoms with van der Waals surface area (Å²) in [5, 5.41) is 2.24. The van der Waals surface area contributed by atoms with Gasteiger partial charge in [-0.25, -0.2) is 4.90 Å². The van der Waals surface area contributed by atoms with Gasteiger partial charge in [-0.05, 0) is 124 Å². The highest BCUT2D eigenvalue weighted by atomic mass is 16.8. The lowest BCUT2D eigenvalue weighted by Crippen LogP contribution is -2.85. The molecule has 0 aromatic heterocycles. The minimum atomic E-state index is -1.35. The van der Waals surface area contributed by atoms with E-state index >= 15 is 9.59 Å². The Morgan fingerprint density at radius 3 is 1.61 bits per heavy atom. The first kappa shape index (κ1) is 51.0. The molecule has 13 heteroatoms. The number of nitrogens with zero attached hydrogens (tertiary/aromatic N) is 1. The fourth-order valence-electron chi connectivity index (χ4n) is 26.8. The van der Waals surface area contributed by atoms with Crippen LogP contribution in [0.5, 0.6) is 5.75 Å². The second-order valence-corrected chi connectivity index (χ2v) is 28.3. The molecule has 1 spiro atoms. The first-order chi connectivity index (χ1) is 41.1. The quantitative estimate of drug-likeness (QED) is 0.0596. The molecule has 6 heterocycles. The van der Waals surface area contributed by atoms with E-state index in [0.29, 0.717) is 45.3 Å². The van der Waals surface area contributed by atoms with Crippen molar-refractivity contribution in [2.75, 3.05) is 87.2 Å². The predicted octanol–water partition coefficient (Wildman–Crippen LogP) is 9.89. The number of imide groups is 1. The summed E-state index contributed by atoms with van der Waals surface area (Å²) in [7, 11) is 11.1. The van der Waals surface area contributed by atoms with Crippen LogP contribution < -0.4 is 9.64 Å². The van der Waals surface area contributed by atoms with Gasteiger partial charge in [0.2, 0.25) is 17.6 Å². The van der Waals surface area contributed by atoms with Crippen molar-refractivity contribution in [2.24, 2.45) is 85.8 Å². The van der Waals surface area contributed by atoms with Gasteiger partial charge in [-0.2, -0.15) is 0 Å². The molecule has 19 rings (SSSR count). The second kappa shape index (κ2) is 16.4. The Bertz CT molecular complexity index is 3690. The van der Waals surface area contributed by atoms with Gasteiger partial charge < -0.3 is 47.4 Å². The molecule has 5 aromatic carbocycles. The Morgan fingerprint density at radius 2 is 1.07 bits per heavy atom. The van der Waals surface area contributed by atoms with Crippen molar-refractivity contribution >= 4 is 28.3 Å². The van der Waals surface area contributed by atoms with Crippen LogP contribution in [0, 0.1) is 85.8 Å². The maximum atomic E-state index is 17.3. The maximum absolute atomic E-state index is 17.3. The Kier molecular flexibility index (Phi) is 9.94. The molecule has 10 bridgehead atoms. The Morgan fingerprint density at radius 1 is 0.548 bits per heavy atom. The summed E-state index contributed by atoms with van der Waals surface area (Å²) < 4.78 is 70.3. The summed E-state index contributed by atoms with van der Waals surface area (Å²) in [6.45, 7) is 5.10. The molecule has 6 unspecified atom stereocenters. The molecule has 6 aliphatic heterocycles. The lowest BCUT2D eigenvalue weighted by atomic mass is 9.22. The number of carbonyl (C=O) groups is 2. The summed E-state index contributed by atoms with van der Waals surface area (Å²) in [6.07, 6.45) is 1.99. The largest absolute Gasteiger partial charge is 0.496 e.